The number of hydrogen-bond acceptors (Lipinski definition) is 8. The molecule has 8 nitrogen and oxygen atoms in total. The Kier molecular flexibility index (Phi) is 21.3. The summed E-state index contributed by atoms with van der Waals surface area (Å²) in [5.41, 5.74) is 11.4. The van der Waals surface area contributed by atoms with Crippen LogP contribution in [0.3, 0.4) is 0 Å². The van der Waals surface area contributed by atoms with Crippen molar-refractivity contribution in [1.29, 1.82) is 0 Å². The average Bonchev–Trinajstić information content (AvgIpc) is 2.62. The summed E-state index contributed by atoms with van der Waals surface area (Å²) < 4.78 is 72.2. The van der Waals surface area contributed by atoms with E-state index in [2.05, 4.69) is 31.9 Å². The molecule has 0 saturated heterocycles. The zero-order valence-corrected chi connectivity index (χ0v) is 25.0. The minimum atomic E-state index is -2.95. The summed E-state index contributed by atoms with van der Waals surface area (Å²) in [4.78, 5) is 0. The van der Waals surface area contributed by atoms with Gasteiger partial charge in [0.2, 0.25) is 0 Å². The van der Waals surface area contributed by atoms with E-state index in [-0.39, 0.29) is 70.7 Å². The zero-order valence-electron chi connectivity index (χ0n) is 16.2. The number of ether oxygens (including phenoxy) is 2. The molecule has 2 rings (SSSR count). The van der Waals surface area contributed by atoms with Crippen LogP contribution in [0.1, 0.15) is 0 Å². The first-order chi connectivity index (χ1) is 12.9. The van der Waals surface area contributed by atoms with E-state index in [0.717, 1.165) is 0 Å². The summed E-state index contributed by atoms with van der Waals surface area (Å²) in [6, 6.07) is 5.40. The molecule has 0 saturated carbocycles. The molecule has 0 spiro atoms. The van der Waals surface area contributed by atoms with Crippen molar-refractivity contribution in [3.8, 4) is 11.5 Å². The van der Waals surface area contributed by atoms with E-state index in [1.807, 2.05) is 0 Å². The maximum atomic E-state index is 12.7. The molecule has 4 N–H and O–H groups in total. The van der Waals surface area contributed by atoms with E-state index in [9.17, 15) is 8.78 Å². The molecule has 2 unspecified atom stereocenters. The number of hydrogen-bond donors (Lipinski definition) is 2. The molecular weight excluding hydrogens is 600 g/mol. The molecular formula is C14H14Br2F2N2Na2O6S2. The minimum absolute atomic E-state index is 0. The van der Waals surface area contributed by atoms with Crippen molar-refractivity contribution in [2.45, 2.75) is 0 Å². The Hall–Kier alpha value is 0.680. The molecule has 2 atom stereocenters. The van der Waals surface area contributed by atoms with Crippen molar-refractivity contribution < 1.29 is 94.9 Å². The van der Waals surface area contributed by atoms with Crippen molar-refractivity contribution in [3.63, 3.8) is 0 Å². The summed E-state index contributed by atoms with van der Waals surface area (Å²) in [6.45, 7) is 0. The molecule has 0 fully saturated rings. The fourth-order valence-electron chi connectivity index (χ4n) is 1.44. The Morgan fingerprint density at radius 1 is 0.800 bits per heavy atom. The van der Waals surface area contributed by atoms with Crippen molar-refractivity contribution in [2.24, 2.45) is 0 Å². The molecule has 0 aliphatic rings. The number of nitrogens with two attached hydrogens (primary N) is 2. The third-order valence-corrected chi connectivity index (χ3v) is 4.76. The van der Waals surface area contributed by atoms with Crippen molar-refractivity contribution >= 4 is 63.5 Å². The molecule has 0 aromatic heterocycles. The Labute approximate surface area is 237 Å². The van der Waals surface area contributed by atoms with Crippen molar-refractivity contribution in [3.05, 3.63) is 44.8 Å². The van der Waals surface area contributed by atoms with Gasteiger partial charge in [-0.2, -0.15) is 0 Å². The number of nitrogen functional groups attached to an aromatic ring is 2. The van der Waals surface area contributed by atoms with Gasteiger partial charge in [0.1, 0.15) is 23.1 Å². The van der Waals surface area contributed by atoms with Gasteiger partial charge in [-0.15, -0.1) is 0 Å². The predicted octanol–water partition coefficient (Wildman–Crippen LogP) is -2.97. The smallest absolute Gasteiger partial charge is 0.763 e. The van der Waals surface area contributed by atoms with Gasteiger partial charge >= 0.3 is 59.1 Å². The van der Waals surface area contributed by atoms with Crippen LogP contribution in [0, 0.1) is 11.6 Å². The van der Waals surface area contributed by atoms with Crippen LogP contribution in [0.25, 0.3) is 0 Å². The summed E-state index contributed by atoms with van der Waals surface area (Å²) in [5, 5.41) is 0. The van der Waals surface area contributed by atoms with Gasteiger partial charge in [0.15, 0.2) is 0 Å². The third kappa shape index (κ3) is 13.3. The summed E-state index contributed by atoms with van der Waals surface area (Å²) in [5.74, 6) is 0.170. The van der Waals surface area contributed by atoms with Crippen molar-refractivity contribution in [1.82, 2.24) is 0 Å². The molecule has 0 aliphatic carbocycles. The molecule has 158 valence electrons. The number of halogens is 4. The Morgan fingerprint density at radius 3 is 1.27 bits per heavy atom. The SMILES string of the molecule is COc1cc(Br)c(F)cc1N.COc1cc(Br)c(F)cc1N.O=S([O-])S(=O)[O-].[Na+].[Na+]. The Balaban J connectivity index is -0.000000369. The van der Waals surface area contributed by atoms with E-state index in [0.29, 0.717) is 31.8 Å². The fraction of sp³-hybridized carbons (Fsp3) is 0.143. The second-order valence-electron chi connectivity index (χ2n) is 4.42. The third-order valence-electron chi connectivity index (χ3n) is 2.66. The van der Waals surface area contributed by atoms with Crippen LogP contribution in [0.15, 0.2) is 33.2 Å². The van der Waals surface area contributed by atoms with Crippen LogP contribution in [-0.4, -0.2) is 31.7 Å². The van der Waals surface area contributed by atoms with Gasteiger partial charge in [0, 0.05) is 32.4 Å². The van der Waals surface area contributed by atoms with Gasteiger partial charge < -0.3 is 30.0 Å². The van der Waals surface area contributed by atoms with Gasteiger partial charge in [-0.1, -0.05) is 0 Å². The molecule has 0 bridgehead atoms. The zero-order chi connectivity index (χ0) is 22.0. The van der Waals surface area contributed by atoms with Crippen molar-refractivity contribution in [2.75, 3.05) is 25.7 Å². The summed E-state index contributed by atoms with van der Waals surface area (Å²) >= 11 is 6.02. The molecule has 2 aromatic carbocycles. The molecule has 0 amide bonds. The Bertz CT molecular complexity index is 802. The topological polar surface area (TPSA) is 151 Å². The maximum absolute atomic E-state index is 12.7. The predicted molar refractivity (Wildman–Crippen MR) is 108 cm³/mol. The first-order valence-corrected chi connectivity index (χ1v) is 11.0. The van der Waals surface area contributed by atoms with Gasteiger partial charge in [0.05, 0.1) is 34.5 Å². The second-order valence-corrected chi connectivity index (χ2v) is 8.58. The maximum Gasteiger partial charge on any atom is 1.00 e. The van der Waals surface area contributed by atoms with Gasteiger partial charge in [-0.05, 0) is 44.0 Å². The van der Waals surface area contributed by atoms with E-state index in [4.69, 9.17) is 38.5 Å². The van der Waals surface area contributed by atoms with Crippen LogP contribution in [0.5, 0.6) is 11.5 Å². The average molecular weight is 614 g/mol. The first-order valence-electron chi connectivity index (χ1n) is 6.70. The standard InChI is InChI=1S/2C7H7BrFNO.2Na.H2O4S2/c2*1-11-7-2-4(8)5(9)3-6(7)10;;;1-5(2)6(3)4/h2*2-3H,10H2,1H3;;;(H,1,2)(H,3,4)/q;;2*+1;/p-2. The number of methoxy groups -OCH3 is 2. The van der Waals surface area contributed by atoms with Gasteiger partial charge in [-0.3, -0.25) is 8.42 Å². The number of anilines is 2. The van der Waals surface area contributed by atoms with Crippen LogP contribution in [0.2, 0.25) is 0 Å². The van der Waals surface area contributed by atoms with Crippen LogP contribution < -0.4 is 80.1 Å². The second kappa shape index (κ2) is 18.1. The van der Waals surface area contributed by atoms with E-state index < -0.39 is 20.2 Å². The molecule has 2 aromatic rings. The molecule has 0 heterocycles. The number of benzene rings is 2. The van der Waals surface area contributed by atoms with E-state index >= 15 is 0 Å². The quantitative estimate of drug-likeness (QED) is 0.161. The first kappa shape index (κ1) is 35.3. The number of rotatable bonds is 3. The molecule has 0 aliphatic heterocycles. The fourth-order valence-corrected chi connectivity index (χ4v) is 2.09. The van der Waals surface area contributed by atoms with Crippen LogP contribution >= 0.6 is 31.9 Å². The van der Waals surface area contributed by atoms with Crippen LogP contribution in [-0.2, 0) is 20.2 Å². The largest absolute Gasteiger partial charge is 1.00 e. The van der Waals surface area contributed by atoms with Gasteiger partial charge in [0.25, 0.3) is 0 Å². The monoisotopic (exact) mass is 612 g/mol. The summed E-state index contributed by atoms with van der Waals surface area (Å²) in [7, 11) is -2.94. The normalized spacial score (nSPS) is 11.1. The minimum Gasteiger partial charge on any atom is -0.763 e. The van der Waals surface area contributed by atoms with Crippen LogP contribution in [0.4, 0.5) is 20.2 Å². The Morgan fingerprint density at radius 2 is 1.07 bits per heavy atom. The van der Waals surface area contributed by atoms with Gasteiger partial charge in [-0.25, -0.2) is 8.78 Å². The molecule has 0 radical (unpaired) electrons. The molecule has 30 heavy (non-hydrogen) atoms. The van der Waals surface area contributed by atoms with E-state index in [1.54, 1.807) is 0 Å². The van der Waals surface area contributed by atoms with E-state index in [1.165, 1.54) is 38.5 Å². The summed E-state index contributed by atoms with van der Waals surface area (Å²) in [6.07, 6.45) is 0. The molecule has 16 heteroatoms.